The fourth-order valence-corrected chi connectivity index (χ4v) is 3.27. The average Bonchev–Trinajstić information content (AvgIpc) is 2.53. The van der Waals surface area contributed by atoms with Gasteiger partial charge in [-0.15, -0.1) is 0 Å². The van der Waals surface area contributed by atoms with Crippen LogP contribution >= 0.6 is 0 Å². The van der Waals surface area contributed by atoms with Crippen LogP contribution in [0.25, 0.3) is 0 Å². The van der Waals surface area contributed by atoms with E-state index in [1.54, 1.807) is 0 Å². The van der Waals surface area contributed by atoms with Crippen molar-refractivity contribution in [2.45, 2.75) is 50.5 Å². The van der Waals surface area contributed by atoms with Gasteiger partial charge in [0.2, 0.25) is 0 Å². The van der Waals surface area contributed by atoms with Gasteiger partial charge < -0.3 is 11.1 Å². The Morgan fingerprint density at radius 1 is 1.25 bits per heavy atom. The summed E-state index contributed by atoms with van der Waals surface area (Å²) in [4.78, 5) is 0. The molecule has 2 heteroatoms. The Bertz CT molecular complexity index is 403. The molecule has 0 aromatic heterocycles. The van der Waals surface area contributed by atoms with Crippen molar-refractivity contribution < 1.29 is 0 Å². The van der Waals surface area contributed by atoms with Crippen LogP contribution in [-0.4, -0.2) is 18.6 Å². The number of hydrogen-bond donors (Lipinski definition) is 2. The zero-order valence-corrected chi connectivity index (χ0v) is 12.6. The van der Waals surface area contributed by atoms with Gasteiger partial charge in [0, 0.05) is 12.1 Å². The van der Waals surface area contributed by atoms with Crippen molar-refractivity contribution in [2.75, 3.05) is 13.1 Å². The molecule has 0 aliphatic heterocycles. The summed E-state index contributed by atoms with van der Waals surface area (Å²) in [6.07, 6.45) is 10.3. The molecule has 0 amide bonds. The maximum absolute atomic E-state index is 6.06. The molecule has 0 radical (unpaired) electrons. The van der Waals surface area contributed by atoms with Crippen LogP contribution in [0.15, 0.2) is 42.5 Å². The Balaban J connectivity index is 1.87. The smallest absolute Gasteiger partial charge is 0.0304 e. The lowest BCUT2D eigenvalue weighted by molar-refractivity contribution is 0.224. The Morgan fingerprint density at radius 2 is 1.95 bits per heavy atom. The minimum Gasteiger partial charge on any atom is -0.329 e. The Morgan fingerprint density at radius 3 is 2.55 bits per heavy atom. The van der Waals surface area contributed by atoms with Crippen LogP contribution in [0.5, 0.6) is 0 Å². The summed E-state index contributed by atoms with van der Waals surface area (Å²) in [6, 6.07) is 10.9. The van der Waals surface area contributed by atoms with E-state index < -0.39 is 0 Å². The predicted molar refractivity (Wildman–Crippen MR) is 86.9 cm³/mol. The van der Waals surface area contributed by atoms with Crippen molar-refractivity contribution in [1.29, 1.82) is 0 Å². The molecule has 0 heterocycles. The van der Waals surface area contributed by atoms with E-state index in [0.29, 0.717) is 5.92 Å². The number of allylic oxidation sites excluding steroid dienone is 1. The predicted octanol–water partition coefficient (Wildman–Crippen LogP) is 3.60. The first kappa shape index (κ1) is 15.3. The van der Waals surface area contributed by atoms with Crippen molar-refractivity contribution in [3.63, 3.8) is 0 Å². The summed E-state index contributed by atoms with van der Waals surface area (Å²) in [6.45, 7) is 3.87. The molecule has 2 rings (SSSR count). The molecule has 2 nitrogen and oxygen atoms in total. The fraction of sp³-hybridized carbons (Fsp3) is 0.556. The molecule has 1 aliphatic rings. The molecule has 0 saturated heterocycles. The third-order valence-electron chi connectivity index (χ3n) is 4.65. The quantitative estimate of drug-likeness (QED) is 0.613. The molecule has 1 aliphatic carbocycles. The summed E-state index contributed by atoms with van der Waals surface area (Å²) in [5.41, 5.74) is 7.72. The Labute approximate surface area is 123 Å². The second kappa shape index (κ2) is 7.61. The highest BCUT2D eigenvalue weighted by Crippen LogP contribution is 2.37. The highest BCUT2D eigenvalue weighted by Gasteiger charge is 2.33. The molecule has 3 N–H and O–H groups in total. The Kier molecular flexibility index (Phi) is 5.81. The van der Waals surface area contributed by atoms with Gasteiger partial charge in [-0.2, -0.15) is 0 Å². The molecule has 1 saturated carbocycles. The lowest BCUT2D eigenvalue weighted by Gasteiger charge is -2.40. The monoisotopic (exact) mass is 272 g/mol. The van der Waals surface area contributed by atoms with Crippen LogP contribution in [0.4, 0.5) is 0 Å². The second-order valence-electron chi connectivity index (χ2n) is 5.95. The van der Waals surface area contributed by atoms with Gasteiger partial charge in [0.15, 0.2) is 0 Å². The van der Waals surface area contributed by atoms with Crippen molar-refractivity contribution in [1.82, 2.24) is 5.32 Å². The number of nitrogens with two attached hydrogens (primary N) is 1. The zero-order valence-electron chi connectivity index (χ0n) is 12.6. The van der Waals surface area contributed by atoms with Crippen molar-refractivity contribution >= 4 is 0 Å². The van der Waals surface area contributed by atoms with Gasteiger partial charge in [-0.1, -0.05) is 42.5 Å². The molecule has 110 valence electrons. The first-order valence-corrected chi connectivity index (χ1v) is 7.91. The van der Waals surface area contributed by atoms with Crippen molar-refractivity contribution in [2.24, 2.45) is 5.73 Å². The van der Waals surface area contributed by atoms with Gasteiger partial charge in [0.1, 0.15) is 0 Å². The molecule has 0 bridgehead atoms. The molecule has 1 fully saturated rings. The molecule has 0 unspecified atom stereocenters. The lowest BCUT2D eigenvalue weighted by atomic mass is 9.74. The number of nitrogens with one attached hydrogen (secondary N) is 1. The van der Waals surface area contributed by atoms with Gasteiger partial charge in [-0.05, 0) is 57.1 Å². The minimum atomic E-state index is 0.173. The van der Waals surface area contributed by atoms with E-state index in [1.165, 1.54) is 31.2 Å². The van der Waals surface area contributed by atoms with E-state index >= 15 is 0 Å². The lowest BCUT2D eigenvalue weighted by Crippen LogP contribution is -2.53. The summed E-state index contributed by atoms with van der Waals surface area (Å²) < 4.78 is 0. The topological polar surface area (TPSA) is 38.0 Å². The highest BCUT2D eigenvalue weighted by atomic mass is 15.0. The maximum Gasteiger partial charge on any atom is 0.0304 e. The number of benzene rings is 1. The molecule has 1 aromatic carbocycles. The summed E-state index contributed by atoms with van der Waals surface area (Å²) >= 11 is 0. The highest BCUT2D eigenvalue weighted by molar-refractivity contribution is 5.20. The van der Waals surface area contributed by atoms with Gasteiger partial charge in [-0.3, -0.25) is 0 Å². The number of hydrogen-bond acceptors (Lipinski definition) is 2. The average molecular weight is 272 g/mol. The van der Waals surface area contributed by atoms with Crippen molar-refractivity contribution in [3.05, 3.63) is 48.0 Å². The molecule has 20 heavy (non-hydrogen) atoms. The molecule has 0 spiro atoms. The summed E-state index contributed by atoms with van der Waals surface area (Å²) in [5.74, 6) is 0.716. The zero-order chi connectivity index (χ0) is 14.3. The summed E-state index contributed by atoms with van der Waals surface area (Å²) in [7, 11) is 0. The minimum absolute atomic E-state index is 0.173. The first-order chi connectivity index (χ1) is 9.79. The van der Waals surface area contributed by atoms with E-state index in [-0.39, 0.29) is 5.54 Å². The maximum atomic E-state index is 6.06. The van der Waals surface area contributed by atoms with Crippen LogP contribution in [0, 0.1) is 0 Å². The van der Waals surface area contributed by atoms with E-state index in [9.17, 15) is 0 Å². The van der Waals surface area contributed by atoms with E-state index in [0.717, 1.165) is 19.5 Å². The third kappa shape index (κ3) is 3.94. The standard InChI is InChI=1S/C18H28N2/c1-2-3-7-14-20-18(15-19)12-10-17(11-13-18)16-8-5-4-6-9-16/h2-6,8-9,17,20H,7,10-15,19H2,1H3/b3-2+. The van der Waals surface area contributed by atoms with Crippen LogP contribution in [-0.2, 0) is 0 Å². The van der Waals surface area contributed by atoms with Crippen molar-refractivity contribution in [3.8, 4) is 0 Å². The van der Waals surface area contributed by atoms with Crippen LogP contribution in [0.1, 0.15) is 50.5 Å². The number of rotatable bonds is 6. The van der Waals surface area contributed by atoms with Crippen LogP contribution < -0.4 is 11.1 Å². The van der Waals surface area contributed by atoms with E-state index in [1.807, 2.05) is 0 Å². The van der Waals surface area contributed by atoms with Crippen LogP contribution in [0.2, 0.25) is 0 Å². The molecule has 1 aromatic rings. The van der Waals surface area contributed by atoms with Gasteiger partial charge in [0.25, 0.3) is 0 Å². The third-order valence-corrected chi connectivity index (χ3v) is 4.65. The second-order valence-corrected chi connectivity index (χ2v) is 5.95. The first-order valence-electron chi connectivity index (χ1n) is 7.91. The molecular formula is C18H28N2. The largest absolute Gasteiger partial charge is 0.329 e. The summed E-state index contributed by atoms with van der Waals surface area (Å²) in [5, 5.41) is 3.72. The molecule has 0 atom stereocenters. The fourth-order valence-electron chi connectivity index (χ4n) is 3.27. The van der Waals surface area contributed by atoms with Gasteiger partial charge in [0.05, 0.1) is 0 Å². The molecular weight excluding hydrogens is 244 g/mol. The van der Waals surface area contributed by atoms with E-state index in [4.69, 9.17) is 5.73 Å². The van der Waals surface area contributed by atoms with Gasteiger partial charge >= 0.3 is 0 Å². The van der Waals surface area contributed by atoms with E-state index in [2.05, 4.69) is 54.7 Å². The SMILES string of the molecule is C/C=C/CCNC1(CN)CCC(c2ccccc2)CC1. The van der Waals surface area contributed by atoms with Crippen LogP contribution in [0.3, 0.4) is 0 Å². The normalized spacial score (nSPS) is 27.0. The van der Waals surface area contributed by atoms with Gasteiger partial charge in [-0.25, -0.2) is 0 Å². The Hall–Kier alpha value is -1.12.